The maximum absolute atomic E-state index is 2.24. The van der Waals surface area contributed by atoms with E-state index in [1.165, 1.54) is 6.42 Å². The summed E-state index contributed by atoms with van der Waals surface area (Å²) in [6.07, 6.45) is 1.27. The predicted molar refractivity (Wildman–Crippen MR) is 54.9 cm³/mol. The molecule has 0 bridgehead atoms. The molecule has 0 atom stereocenters. The SMILES string of the molecule is CC(C)(C)C.CCC(C)(C)C. The molecule has 0 saturated carbocycles. The highest BCUT2D eigenvalue weighted by Crippen LogP contribution is 2.16. The zero-order valence-corrected chi connectivity index (χ0v) is 9.71. The molecule has 0 aromatic rings. The third kappa shape index (κ3) is 71.1. The van der Waals surface area contributed by atoms with E-state index in [-0.39, 0.29) is 0 Å². The molecule has 0 fully saturated rings. The van der Waals surface area contributed by atoms with Crippen molar-refractivity contribution in [1.29, 1.82) is 0 Å². The topological polar surface area (TPSA) is 0 Å². The average molecular weight is 158 g/mol. The summed E-state index contributed by atoms with van der Waals surface area (Å²) in [6.45, 7) is 17.7. The lowest BCUT2D eigenvalue weighted by atomic mass is 9.94. The van der Waals surface area contributed by atoms with Crippen LogP contribution in [0.1, 0.15) is 61.8 Å². The quantitative estimate of drug-likeness (QED) is 0.487. The van der Waals surface area contributed by atoms with Gasteiger partial charge in [0.25, 0.3) is 0 Å². The lowest BCUT2D eigenvalue weighted by molar-refractivity contribution is 0.398. The van der Waals surface area contributed by atoms with Crippen molar-refractivity contribution in [3.63, 3.8) is 0 Å². The number of hydrogen-bond acceptors (Lipinski definition) is 0. The first-order valence-electron chi connectivity index (χ1n) is 4.56. The Morgan fingerprint density at radius 3 is 0.818 bits per heavy atom. The molecule has 0 N–H and O–H groups in total. The Bertz CT molecular complexity index is 71.2. The summed E-state index contributed by atoms with van der Waals surface area (Å²) >= 11 is 0. The Morgan fingerprint density at radius 1 is 0.727 bits per heavy atom. The Balaban J connectivity index is 0. The van der Waals surface area contributed by atoms with Gasteiger partial charge in [-0.3, -0.25) is 0 Å². The van der Waals surface area contributed by atoms with Crippen molar-refractivity contribution in [3.8, 4) is 0 Å². The average Bonchev–Trinajstić information content (AvgIpc) is 1.59. The first-order valence-corrected chi connectivity index (χ1v) is 4.56. The van der Waals surface area contributed by atoms with Crippen molar-refractivity contribution in [2.45, 2.75) is 61.8 Å². The molecule has 0 nitrogen and oxygen atoms in total. The molecule has 0 rings (SSSR count). The molecule has 0 aliphatic heterocycles. The molecule has 0 heterocycles. The van der Waals surface area contributed by atoms with Gasteiger partial charge in [-0.25, -0.2) is 0 Å². The molecule has 0 radical (unpaired) electrons. The molecule has 0 saturated heterocycles. The van der Waals surface area contributed by atoms with E-state index in [4.69, 9.17) is 0 Å². The van der Waals surface area contributed by atoms with Crippen LogP contribution in [0.5, 0.6) is 0 Å². The lowest BCUT2D eigenvalue weighted by Gasteiger charge is -2.12. The van der Waals surface area contributed by atoms with E-state index in [1.54, 1.807) is 0 Å². The van der Waals surface area contributed by atoms with Crippen molar-refractivity contribution < 1.29 is 0 Å². The van der Waals surface area contributed by atoms with Crippen LogP contribution in [-0.4, -0.2) is 0 Å². The van der Waals surface area contributed by atoms with Gasteiger partial charge in [0.15, 0.2) is 0 Å². The zero-order chi connectivity index (χ0) is 9.71. The van der Waals surface area contributed by atoms with E-state index in [0.29, 0.717) is 10.8 Å². The van der Waals surface area contributed by atoms with Crippen molar-refractivity contribution in [3.05, 3.63) is 0 Å². The maximum atomic E-state index is 2.24. The molecular formula is C11H26. The minimum absolute atomic E-state index is 0.500. The van der Waals surface area contributed by atoms with Gasteiger partial charge in [0, 0.05) is 0 Å². The number of rotatable bonds is 0. The van der Waals surface area contributed by atoms with Crippen LogP contribution in [0.2, 0.25) is 0 Å². The molecule has 0 unspecified atom stereocenters. The summed E-state index contributed by atoms with van der Waals surface area (Å²) < 4.78 is 0. The molecule has 70 valence electrons. The molecule has 0 spiro atoms. The van der Waals surface area contributed by atoms with Crippen molar-refractivity contribution in [2.75, 3.05) is 0 Å². The molecule has 0 aromatic heterocycles. The Labute approximate surface area is 73.4 Å². The smallest absolute Gasteiger partial charge is 0.0385 e. The Morgan fingerprint density at radius 2 is 0.818 bits per heavy atom. The van der Waals surface area contributed by atoms with Gasteiger partial charge in [-0.05, 0) is 10.8 Å². The fourth-order valence-corrected chi connectivity index (χ4v) is 0. The third-order valence-electron chi connectivity index (χ3n) is 1.06. The summed E-state index contributed by atoms with van der Waals surface area (Å²) in [4.78, 5) is 0. The van der Waals surface area contributed by atoms with Gasteiger partial charge in [0.05, 0.1) is 0 Å². The summed E-state index contributed by atoms with van der Waals surface area (Å²) in [5.74, 6) is 0. The molecule has 0 amide bonds. The van der Waals surface area contributed by atoms with Gasteiger partial charge in [-0.15, -0.1) is 0 Å². The molecule has 0 aliphatic rings. The van der Waals surface area contributed by atoms with E-state index in [0.717, 1.165) is 0 Å². The fourth-order valence-electron chi connectivity index (χ4n) is 0. The highest BCUT2D eigenvalue weighted by atomic mass is 14.1. The van der Waals surface area contributed by atoms with Gasteiger partial charge in [0.1, 0.15) is 0 Å². The minimum Gasteiger partial charge on any atom is -0.0649 e. The van der Waals surface area contributed by atoms with Gasteiger partial charge in [-0.2, -0.15) is 0 Å². The van der Waals surface area contributed by atoms with E-state index >= 15 is 0 Å². The molecule has 0 aliphatic carbocycles. The Hall–Kier alpha value is 0. The monoisotopic (exact) mass is 158 g/mol. The van der Waals surface area contributed by atoms with Gasteiger partial charge >= 0.3 is 0 Å². The van der Waals surface area contributed by atoms with Gasteiger partial charge in [-0.1, -0.05) is 61.8 Å². The van der Waals surface area contributed by atoms with Crippen molar-refractivity contribution in [2.24, 2.45) is 10.8 Å². The van der Waals surface area contributed by atoms with Crippen LogP contribution in [0.25, 0.3) is 0 Å². The zero-order valence-electron chi connectivity index (χ0n) is 9.71. The second-order valence-electron chi connectivity index (χ2n) is 5.91. The molecular weight excluding hydrogens is 132 g/mol. The maximum Gasteiger partial charge on any atom is -0.0385 e. The largest absolute Gasteiger partial charge is 0.0649 e. The summed E-state index contributed by atoms with van der Waals surface area (Å²) in [6, 6.07) is 0. The van der Waals surface area contributed by atoms with Crippen LogP contribution in [0, 0.1) is 10.8 Å². The van der Waals surface area contributed by atoms with Crippen LogP contribution < -0.4 is 0 Å². The first-order chi connectivity index (χ1) is 4.56. The summed E-state index contributed by atoms with van der Waals surface area (Å²) in [7, 11) is 0. The van der Waals surface area contributed by atoms with Crippen molar-refractivity contribution >= 4 is 0 Å². The van der Waals surface area contributed by atoms with Crippen LogP contribution >= 0.6 is 0 Å². The van der Waals surface area contributed by atoms with E-state index in [2.05, 4.69) is 55.4 Å². The van der Waals surface area contributed by atoms with Crippen LogP contribution in [0.4, 0.5) is 0 Å². The fraction of sp³-hybridized carbons (Fsp3) is 1.00. The summed E-state index contributed by atoms with van der Waals surface area (Å²) in [5.41, 5.74) is 1.04. The molecule has 0 heteroatoms. The first kappa shape index (κ1) is 13.6. The normalized spacial score (nSPS) is 12.0. The second kappa shape index (κ2) is 4.79. The van der Waals surface area contributed by atoms with Gasteiger partial charge in [0.2, 0.25) is 0 Å². The number of hydrogen-bond donors (Lipinski definition) is 0. The van der Waals surface area contributed by atoms with Crippen LogP contribution in [0.15, 0.2) is 0 Å². The molecule has 0 aromatic carbocycles. The Kier molecular flexibility index (Phi) is 5.92. The standard InChI is InChI=1S/C6H14.C5H12/c1-5-6(2,3)4;1-5(2,3)4/h5H2,1-4H3;1-4H3. The predicted octanol–water partition coefficient (Wildman–Crippen LogP) is 4.49. The minimum atomic E-state index is 0.500. The second-order valence-corrected chi connectivity index (χ2v) is 5.91. The van der Waals surface area contributed by atoms with Crippen LogP contribution in [-0.2, 0) is 0 Å². The van der Waals surface area contributed by atoms with E-state index in [1.807, 2.05) is 0 Å². The van der Waals surface area contributed by atoms with E-state index < -0.39 is 0 Å². The molecule has 11 heavy (non-hydrogen) atoms. The highest BCUT2D eigenvalue weighted by Gasteiger charge is 2.03. The highest BCUT2D eigenvalue weighted by molar-refractivity contribution is 4.55. The third-order valence-corrected chi connectivity index (χ3v) is 1.06. The summed E-state index contributed by atoms with van der Waals surface area (Å²) in [5, 5.41) is 0. The lowest BCUT2D eigenvalue weighted by Crippen LogP contribution is -2.00. The van der Waals surface area contributed by atoms with E-state index in [9.17, 15) is 0 Å². The van der Waals surface area contributed by atoms with Crippen molar-refractivity contribution in [1.82, 2.24) is 0 Å². The van der Waals surface area contributed by atoms with Gasteiger partial charge < -0.3 is 0 Å². The van der Waals surface area contributed by atoms with Crippen LogP contribution in [0.3, 0.4) is 0 Å².